The fourth-order valence-corrected chi connectivity index (χ4v) is 3.94. The average molecular weight is 357 g/mol. The van der Waals surface area contributed by atoms with Gasteiger partial charge in [0.2, 0.25) is 5.91 Å². The van der Waals surface area contributed by atoms with Gasteiger partial charge in [0.05, 0.1) is 11.3 Å². The van der Waals surface area contributed by atoms with E-state index in [1.54, 1.807) is 12.3 Å². The van der Waals surface area contributed by atoms with Gasteiger partial charge in [-0.15, -0.1) is 0 Å². The van der Waals surface area contributed by atoms with Crippen LogP contribution in [0.25, 0.3) is 0 Å². The minimum Gasteiger partial charge on any atom is -0.366 e. The molecule has 1 fully saturated rings. The summed E-state index contributed by atoms with van der Waals surface area (Å²) < 4.78 is 1.86. The van der Waals surface area contributed by atoms with Crippen molar-refractivity contribution in [2.24, 2.45) is 12.8 Å². The van der Waals surface area contributed by atoms with E-state index >= 15 is 0 Å². The Labute approximate surface area is 153 Å². The van der Waals surface area contributed by atoms with Gasteiger partial charge in [0.1, 0.15) is 0 Å². The average Bonchev–Trinajstić information content (AvgIpc) is 3.19. The summed E-state index contributed by atoms with van der Waals surface area (Å²) in [5.41, 5.74) is 10.1. The highest BCUT2D eigenvalue weighted by Crippen LogP contribution is 2.28. The van der Waals surface area contributed by atoms with Crippen LogP contribution >= 0.6 is 0 Å². The number of carbonyl (C=O) groups excluding carboxylic acids is 2. The van der Waals surface area contributed by atoms with Gasteiger partial charge >= 0.3 is 0 Å². The molecule has 7 nitrogen and oxygen atoms in total. The third-order valence-corrected chi connectivity index (χ3v) is 5.47. The van der Waals surface area contributed by atoms with Crippen LogP contribution in [0.15, 0.2) is 12.3 Å². The Morgan fingerprint density at radius 2 is 2.15 bits per heavy atom. The molecule has 2 amide bonds. The highest BCUT2D eigenvalue weighted by atomic mass is 16.2. The molecule has 0 saturated carbocycles. The number of primary amides is 1. The van der Waals surface area contributed by atoms with E-state index in [9.17, 15) is 9.59 Å². The molecule has 0 radical (unpaired) electrons. The van der Waals surface area contributed by atoms with E-state index in [2.05, 4.69) is 10.1 Å². The number of hydrogen-bond acceptors (Lipinski definition) is 3. The summed E-state index contributed by atoms with van der Waals surface area (Å²) in [4.78, 5) is 29.4. The first-order valence-electron chi connectivity index (χ1n) is 9.12. The molecule has 2 aromatic heterocycles. The molecule has 1 atom stereocenters. The van der Waals surface area contributed by atoms with Crippen LogP contribution in [0.1, 0.15) is 58.2 Å². The van der Waals surface area contributed by atoms with Gasteiger partial charge in [0.15, 0.2) is 0 Å². The van der Waals surface area contributed by atoms with Crippen LogP contribution in [0.4, 0.5) is 0 Å². The van der Waals surface area contributed by atoms with Crippen molar-refractivity contribution in [2.45, 2.75) is 45.4 Å². The summed E-state index contributed by atoms with van der Waals surface area (Å²) >= 11 is 0. The zero-order valence-corrected chi connectivity index (χ0v) is 15.7. The van der Waals surface area contributed by atoms with Gasteiger partial charge in [0.25, 0.3) is 5.91 Å². The summed E-state index contributed by atoms with van der Waals surface area (Å²) in [7, 11) is 1.93. The standard InChI is InChI=1S/C19H27N5O2/c1-12-15(13(2)23(3)22-12)6-7-17(25)24-10-4-5-14(11-24)18-16(19(20)26)8-9-21-18/h8-9,14,21H,4-7,10-11H2,1-3H3,(H2,20,26). The van der Waals surface area contributed by atoms with Crippen LogP contribution in [0.3, 0.4) is 0 Å². The zero-order chi connectivity index (χ0) is 18.8. The van der Waals surface area contributed by atoms with Crippen LogP contribution < -0.4 is 5.73 Å². The topological polar surface area (TPSA) is 97.0 Å². The van der Waals surface area contributed by atoms with Crippen molar-refractivity contribution in [1.82, 2.24) is 19.7 Å². The SMILES string of the molecule is Cc1nn(C)c(C)c1CCC(=O)N1CCCC(c2[nH]ccc2C(N)=O)C1. The molecular formula is C19H27N5O2. The molecule has 0 aromatic carbocycles. The van der Waals surface area contributed by atoms with E-state index in [-0.39, 0.29) is 11.8 Å². The summed E-state index contributed by atoms with van der Waals surface area (Å²) in [5.74, 6) is -0.135. The monoisotopic (exact) mass is 357 g/mol. The maximum atomic E-state index is 12.7. The normalized spacial score (nSPS) is 17.5. The molecule has 3 heterocycles. The minimum absolute atomic E-state index is 0.132. The molecule has 3 rings (SSSR count). The Morgan fingerprint density at radius 3 is 2.81 bits per heavy atom. The Hall–Kier alpha value is -2.57. The van der Waals surface area contributed by atoms with Gasteiger partial charge in [-0.1, -0.05) is 0 Å². The molecule has 3 N–H and O–H groups in total. The van der Waals surface area contributed by atoms with E-state index in [1.165, 1.54) is 0 Å². The van der Waals surface area contributed by atoms with Crippen LogP contribution in [-0.2, 0) is 18.3 Å². The summed E-state index contributed by atoms with van der Waals surface area (Å²) in [6, 6.07) is 1.71. The number of carbonyl (C=O) groups is 2. The summed E-state index contributed by atoms with van der Waals surface area (Å²) in [6.07, 6.45) is 4.81. The number of nitrogens with one attached hydrogen (secondary N) is 1. The van der Waals surface area contributed by atoms with Gasteiger partial charge in [-0.2, -0.15) is 5.10 Å². The van der Waals surface area contributed by atoms with E-state index < -0.39 is 5.91 Å². The lowest BCUT2D eigenvalue weighted by Crippen LogP contribution is -2.39. The number of piperidine rings is 1. The molecule has 2 aromatic rings. The van der Waals surface area contributed by atoms with Crippen molar-refractivity contribution < 1.29 is 9.59 Å². The molecule has 1 unspecified atom stereocenters. The number of nitrogens with zero attached hydrogens (tertiary/aromatic N) is 3. The molecule has 1 aliphatic rings. The lowest BCUT2D eigenvalue weighted by atomic mass is 9.92. The largest absolute Gasteiger partial charge is 0.366 e. The molecule has 0 bridgehead atoms. The molecule has 26 heavy (non-hydrogen) atoms. The Morgan fingerprint density at radius 1 is 1.38 bits per heavy atom. The van der Waals surface area contributed by atoms with Crippen LogP contribution in [0.5, 0.6) is 0 Å². The Bertz CT molecular complexity index is 820. The maximum Gasteiger partial charge on any atom is 0.250 e. The molecule has 7 heteroatoms. The minimum atomic E-state index is -0.424. The Balaban J connectivity index is 1.64. The van der Waals surface area contributed by atoms with Crippen LogP contribution in [-0.4, -0.2) is 44.6 Å². The number of likely N-dealkylation sites (tertiary alicyclic amines) is 1. The van der Waals surface area contributed by atoms with Crippen LogP contribution in [0.2, 0.25) is 0 Å². The quantitative estimate of drug-likeness (QED) is 0.854. The number of aromatic amines is 1. The van der Waals surface area contributed by atoms with E-state index in [4.69, 9.17) is 5.73 Å². The number of aryl methyl sites for hydroxylation is 2. The van der Waals surface area contributed by atoms with E-state index in [0.29, 0.717) is 24.9 Å². The number of H-pyrrole nitrogens is 1. The first-order chi connectivity index (χ1) is 12.4. The number of nitrogens with two attached hydrogens (primary N) is 1. The summed E-state index contributed by atoms with van der Waals surface area (Å²) in [6.45, 7) is 5.42. The first-order valence-corrected chi connectivity index (χ1v) is 9.12. The zero-order valence-electron chi connectivity index (χ0n) is 15.7. The smallest absolute Gasteiger partial charge is 0.250 e. The van der Waals surface area contributed by atoms with E-state index in [1.807, 2.05) is 30.5 Å². The third kappa shape index (κ3) is 3.52. The second-order valence-electron chi connectivity index (χ2n) is 7.12. The Kier molecular flexibility index (Phi) is 5.15. The van der Waals surface area contributed by atoms with Gasteiger partial charge < -0.3 is 15.6 Å². The van der Waals surface area contributed by atoms with Crippen molar-refractivity contribution in [2.75, 3.05) is 13.1 Å². The van der Waals surface area contributed by atoms with Gasteiger partial charge in [0, 0.05) is 50.1 Å². The van der Waals surface area contributed by atoms with Gasteiger partial charge in [-0.25, -0.2) is 0 Å². The molecule has 140 valence electrons. The van der Waals surface area contributed by atoms with Crippen molar-refractivity contribution in [3.63, 3.8) is 0 Å². The molecule has 1 saturated heterocycles. The predicted molar refractivity (Wildman–Crippen MR) is 98.9 cm³/mol. The second-order valence-corrected chi connectivity index (χ2v) is 7.12. The van der Waals surface area contributed by atoms with Crippen molar-refractivity contribution in [3.8, 4) is 0 Å². The maximum absolute atomic E-state index is 12.7. The van der Waals surface area contributed by atoms with E-state index in [0.717, 1.165) is 42.0 Å². The van der Waals surface area contributed by atoms with Gasteiger partial charge in [-0.05, 0) is 44.7 Å². The highest BCUT2D eigenvalue weighted by molar-refractivity contribution is 5.94. The summed E-state index contributed by atoms with van der Waals surface area (Å²) in [5, 5.41) is 4.42. The fourth-order valence-electron chi connectivity index (χ4n) is 3.94. The number of aromatic nitrogens is 3. The lowest BCUT2D eigenvalue weighted by molar-refractivity contribution is -0.132. The lowest BCUT2D eigenvalue weighted by Gasteiger charge is -2.33. The van der Waals surface area contributed by atoms with Crippen molar-refractivity contribution >= 4 is 11.8 Å². The first kappa shape index (κ1) is 18.2. The number of rotatable bonds is 5. The van der Waals surface area contributed by atoms with Crippen molar-refractivity contribution in [3.05, 3.63) is 40.5 Å². The second kappa shape index (κ2) is 7.35. The highest BCUT2D eigenvalue weighted by Gasteiger charge is 2.28. The number of hydrogen-bond donors (Lipinski definition) is 2. The number of amides is 2. The third-order valence-electron chi connectivity index (χ3n) is 5.47. The predicted octanol–water partition coefficient (Wildman–Crippen LogP) is 1.80. The fraction of sp³-hybridized carbons (Fsp3) is 0.526. The van der Waals surface area contributed by atoms with Gasteiger partial charge in [-0.3, -0.25) is 14.3 Å². The molecule has 1 aliphatic heterocycles. The molecule has 0 spiro atoms. The van der Waals surface area contributed by atoms with Crippen molar-refractivity contribution in [1.29, 1.82) is 0 Å². The molecule has 0 aliphatic carbocycles. The molecular weight excluding hydrogens is 330 g/mol. The van der Waals surface area contributed by atoms with Crippen LogP contribution in [0, 0.1) is 13.8 Å².